The molecule has 2 aromatic rings. The summed E-state index contributed by atoms with van der Waals surface area (Å²) in [5, 5.41) is 3.24. The zero-order valence-corrected chi connectivity index (χ0v) is 16.1. The molecule has 0 radical (unpaired) electrons. The summed E-state index contributed by atoms with van der Waals surface area (Å²) in [6, 6.07) is 8.87. The molecule has 5 nitrogen and oxygen atoms in total. The number of amides is 1. The molecule has 6 heteroatoms. The number of pyridine rings is 1. The van der Waals surface area contributed by atoms with Gasteiger partial charge in [-0.3, -0.25) is 4.79 Å². The minimum Gasteiger partial charge on any atom is -0.491 e. The zero-order chi connectivity index (χ0) is 19.1. The third-order valence-corrected chi connectivity index (χ3v) is 3.55. The lowest BCUT2D eigenvalue weighted by atomic mass is 10.2. The van der Waals surface area contributed by atoms with Gasteiger partial charge in [-0.15, -0.1) is 0 Å². The highest BCUT2D eigenvalue weighted by molar-refractivity contribution is 6.32. The minimum atomic E-state index is -0.0642. The Morgan fingerprint density at radius 2 is 2.00 bits per heavy atom. The summed E-state index contributed by atoms with van der Waals surface area (Å²) >= 11 is 6.24. The van der Waals surface area contributed by atoms with Crippen molar-refractivity contribution in [1.82, 2.24) is 10.3 Å². The van der Waals surface area contributed by atoms with Gasteiger partial charge in [-0.05, 0) is 44.5 Å². The van der Waals surface area contributed by atoms with Gasteiger partial charge in [0.2, 0.25) is 11.8 Å². The van der Waals surface area contributed by atoms with E-state index < -0.39 is 0 Å². The lowest BCUT2D eigenvalue weighted by Crippen LogP contribution is -2.28. The van der Waals surface area contributed by atoms with Crippen molar-refractivity contribution < 1.29 is 14.3 Å². The third kappa shape index (κ3) is 6.41. The first-order valence-corrected chi connectivity index (χ1v) is 8.76. The van der Waals surface area contributed by atoms with Gasteiger partial charge >= 0.3 is 0 Å². The molecule has 1 amide bonds. The fraction of sp³-hybridized carbons (Fsp3) is 0.300. The lowest BCUT2D eigenvalue weighted by Gasteiger charge is -2.12. The van der Waals surface area contributed by atoms with Gasteiger partial charge in [0.05, 0.1) is 11.1 Å². The van der Waals surface area contributed by atoms with Crippen LogP contribution >= 0.6 is 11.6 Å². The molecule has 2 rings (SSSR count). The van der Waals surface area contributed by atoms with E-state index in [0.717, 1.165) is 5.56 Å². The fourth-order valence-corrected chi connectivity index (χ4v) is 2.41. The molecule has 0 spiro atoms. The molecule has 1 aromatic heterocycles. The molecular weight excluding hydrogens is 352 g/mol. The van der Waals surface area contributed by atoms with Gasteiger partial charge in [-0.25, -0.2) is 4.98 Å². The van der Waals surface area contributed by atoms with Crippen LogP contribution in [0.1, 0.15) is 33.3 Å². The average molecular weight is 375 g/mol. The number of nitrogens with zero attached hydrogens (tertiary/aromatic N) is 1. The second-order valence-corrected chi connectivity index (χ2v) is 6.55. The van der Waals surface area contributed by atoms with Crippen molar-refractivity contribution in [3.63, 3.8) is 0 Å². The van der Waals surface area contributed by atoms with Crippen molar-refractivity contribution in [1.29, 1.82) is 0 Å². The van der Waals surface area contributed by atoms with E-state index in [1.807, 2.05) is 45.1 Å². The Bertz CT molecular complexity index is 773. The molecule has 0 unspecified atom stereocenters. The van der Waals surface area contributed by atoms with Gasteiger partial charge in [0.1, 0.15) is 11.5 Å². The van der Waals surface area contributed by atoms with E-state index in [9.17, 15) is 4.79 Å². The minimum absolute atomic E-state index is 0.0474. The van der Waals surface area contributed by atoms with Crippen LogP contribution in [-0.4, -0.2) is 23.0 Å². The molecule has 0 aliphatic heterocycles. The van der Waals surface area contributed by atoms with Crippen LogP contribution in [0.15, 0.2) is 42.6 Å². The first kappa shape index (κ1) is 19.8. The Kier molecular flexibility index (Phi) is 7.04. The monoisotopic (exact) mass is 374 g/mol. The van der Waals surface area contributed by atoms with Crippen LogP contribution in [0, 0.1) is 0 Å². The lowest BCUT2D eigenvalue weighted by molar-refractivity contribution is -0.119. The van der Waals surface area contributed by atoms with E-state index in [2.05, 4.69) is 10.3 Å². The molecule has 1 heterocycles. The van der Waals surface area contributed by atoms with Crippen molar-refractivity contribution >= 4 is 23.6 Å². The van der Waals surface area contributed by atoms with Crippen LogP contribution in [0.3, 0.4) is 0 Å². The van der Waals surface area contributed by atoms with Crippen molar-refractivity contribution in [2.75, 3.05) is 0 Å². The second kappa shape index (κ2) is 9.25. The smallest absolute Gasteiger partial charge is 0.219 e. The van der Waals surface area contributed by atoms with Gasteiger partial charge in [0, 0.05) is 31.3 Å². The Hall–Kier alpha value is -2.53. The number of ether oxygens (including phenoxy) is 2. The molecule has 1 N–H and O–H groups in total. The topological polar surface area (TPSA) is 60.5 Å². The number of hydrogen-bond donors (Lipinski definition) is 1. The van der Waals surface area contributed by atoms with Crippen molar-refractivity contribution in [2.45, 2.75) is 39.8 Å². The number of hydrogen-bond acceptors (Lipinski definition) is 4. The van der Waals surface area contributed by atoms with Crippen LogP contribution in [0.5, 0.6) is 17.4 Å². The molecule has 0 saturated heterocycles. The Labute approximate surface area is 159 Å². The van der Waals surface area contributed by atoms with Crippen LogP contribution in [0.2, 0.25) is 5.02 Å². The number of aromatic nitrogens is 1. The summed E-state index contributed by atoms with van der Waals surface area (Å²) in [4.78, 5) is 15.3. The third-order valence-electron chi connectivity index (χ3n) is 3.26. The van der Waals surface area contributed by atoms with E-state index in [4.69, 9.17) is 21.1 Å². The number of halogens is 1. The van der Waals surface area contributed by atoms with E-state index in [1.165, 1.54) is 6.92 Å². The summed E-state index contributed by atoms with van der Waals surface area (Å²) in [6.07, 6.45) is 5.55. The summed E-state index contributed by atoms with van der Waals surface area (Å²) in [6.45, 7) is 7.30. The molecule has 0 aliphatic rings. The maximum absolute atomic E-state index is 11.0. The molecule has 1 atom stereocenters. The van der Waals surface area contributed by atoms with E-state index in [0.29, 0.717) is 22.4 Å². The molecule has 0 fully saturated rings. The predicted molar refractivity (Wildman–Crippen MR) is 104 cm³/mol. The Balaban J connectivity index is 2.01. The fourth-order valence-electron chi connectivity index (χ4n) is 2.20. The van der Waals surface area contributed by atoms with Gasteiger partial charge in [0.25, 0.3) is 0 Å². The maximum atomic E-state index is 11.0. The molecule has 0 saturated carbocycles. The highest BCUT2D eigenvalue weighted by Crippen LogP contribution is 2.32. The van der Waals surface area contributed by atoms with Crippen LogP contribution < -0.4 is 14.8 Å². The van der Waals surface area contributed by atoms with E-state index >= 15 is 0 Å². The molecule has 26 heavy (non-hydrogen) atoms. The van der Waals surface area contributed by atoms with Crippen molar-refractivity contribution in [3.05, 3.63) is 53.2 Å². The maximum Gasteiger partial charge on any atom is 0.219 e. The molecular formula is C20H23ClN2O3. The molecule has 0 aliphatic carbocycles. The molecule has 0 bridgehead atoms. The van der Waals surface area contributed by atoms with E-state index in [1.54, 1.807) is 24.4 Å². The standard InChI is InChI=1S/C20H23ClN2O3/c1-13(2)25-17-8-9-19(18(21)11-17)26-20-10-7-16(12-22-20)6-5-14(3)23-15(4)24/h5-14H,1-4H3,(H,23,24)/t14-/m0/s1. The van der Waals surface area contributed by atoms with Gasteiger partial charge in [-0.1, -0.05) is 23.8 Å². The SMILES string of the molecule is CC(=O)N[C@@H](C)C=Cc1ccc(Oc2ccc(OC(C)C)cc2Cl)nc1. The average Bonchev–Trinajstić information content (AvgIpc) is 2.55. The van der Waals surface area contributed by atoms with Crippen LogP contribution in [0.4, 0.5) is 0 Å². The zero-order valence-electron chi connectivity index (χ0n) is 15.3. The highest BCUT2D eigenvalue weighted by atomic mass is 35.5. The quantitative estimate of drug-likeness (QED) is 0.752. The number of benzene rings is 1. The van der Waals surface area contributed by atoms with Crippen molar-refractivity contribution in [3.8, 4) is 17.4 Å². The Morgan fingerprint density at radius 3 is 2.58 bits per heavy atom. The number of nitrogens with one attached hydrogen (secondary N) is 1. The first-order valence-electron chi connectivity index (χ1n) is 8.39. The summed E-state index contributed by atoms with van der Waals surface area (Å²) < 4.78 is 11.3. The number of carbonyl (C=O) groups is 1. The van der Waals surface area contributed by atoms with Crippen molar-refractivity contribution in [2.24, 2.45) is 0 Å². The molecule has 138 valence electrons. The van der Waals surface area contributed by atoms with E-state index in [-0.39, 0.29) is 18.1 Å². The largest absolute Gasteiger partial charge is 0.491 e. The number of rotatable bonds is 7. The van der Waals surface area contributed by atoms with Crippen LogP contribution in [0.25, 0.3) is 6.08 Å². The second-order valence-electron chi connectivity index (χ2n) is 6.14. The van der Waals surface area contributed by atoms with Gasteiger partial charge in [0.15, 0.2) is 0 Å². The first-order chi connectivity index (χ1) is 12.3. The summed E-state index contributed by atoms with van der Waals surface area (Å²) in [5.74, 6) is 1.58. The highest BCUT2D eigenvalue weighted by Gasteiger charge is 2.07. The summed E-state index contributed by atoms with van der Waals surface area (Å²) in [5.41, 5.74) is 0.904. The van der Waals surface area contributed by atoms with Gasteiger partial charge < -0.3 is 14.8 Å². The number of carbonyl (C=O) groups excluding carboxylic acids is 1. The predicted octanol–water partition coefficient (Wildman–Crippen LogP) is 4.85. The molecule has 1 aromatic carbocycles. The van der Waals surface area contributed by atoms with Gasteiger partial charge in [-0.2, -0.15) is 0 Å². The Morgan fingerprint density at radius 1 is 1.23 bits per heavy atom. The normalized spacial score (nSPS) is 12.2. The van der Waals surface area contributed by atoms with Crippen LogP contribution in [-0.2, 0) is 4.79 Å². The summed E-state index contributed by atoms with van der Waals surface area (Å²) in [7, 11) is 0.